The predicted molar refractivity (Wildman–Crippen MR) is 92.5 cm³/mol. The number of piperazine rings is 1. The second kappa shape index (κ2) is 8.84. The summed E-state index contributed by atoms with van der Waals surface area (Å²) in [5.41, 5.74) is 1.05. The Morgan fingerprint density at radius 1 is 1.26 bits per heavy atom. The molecule has 23 heavy (non-hydrogen) atoms. The van der Waals surface area contributed by atoms with Gasteiger partial charge in [0.2, 0.25) is 0 Å². The summed E-state index contributed by atoms with van der Waals surface area (Å²) in [5, 5.41) is 3.34. The number of carbonyl (C=O) groups is 2. The number of hydrogen-bond acceptors (Lipinski definition) is 4. The molecular weight excluding hydrogens is 341 g/mol. The molecule has 8 heteroatoms. The van der Waals surface area contributed by atoms with Crippen molar-refractivity contribution in [3.8, 4) is 0 Å². The molecule has 0 aromatic heterocycles. The fourth-order valence-electron chi connectivity index (χ4n) is 2.35. The van der Waals surface area contributed by atoms with Crippen molar-refractivity contribution in [1.82, 2.24) is 10.2 Å². The first-order chi connectivity index (χ1) is 10.5. The minimum Gasteiger partial charge on any atom is -0.467 e. The van der Waals surface area contributed by atoms with Gasteiger partial charge in [0.25, 0.3) is 0 Å². The van der Waals surface area contributed by atoms with Crippen LogP contribution < -0.4 is 10.2 Å². The Kier molecular flexibility index (Phi) is 7.45. The molecule has 1 atom stereocenters. The Hall–Kier alpha value is -1.66. The maximum absolute atomic E-state index is 12.1. The Morgan fingerprint density at radius 3 is 2.48 bits per heavy atom. The van der Waals surface area contributed by atoms with Crippen LogP contribution in [0.1, 0.15) is 6.92 Å². The van der Waals surface area contributed by atoms with Crippen LogP contribution in [0.2, 0.25) is 5.02 Å². The van der Waals surface area contributed by atoms with E-state index < -0.39 is 12.0 Å². The van der Waals surface area contributed by atoms with E-state index in [4.69, 9.17) is 11.6 Å². The number of rotatable bonds is 3. The third-order valence-electron chi connectivity index (χ3n) is 3.63. The van der Waals surface area contributed by atoms with Gasteiger partial charge in [-0.1, -0.05) is 17.7 Å². The third-order valence-corrected chi connectivity index (χ3v) is 3.87. The van der Waals surface area contributed by atoms with Gasteiger partial charge in [-0.2, -0.15) is 0 Å². The molecular formula is C15H21Cl2N3O3. The summed E-state index contributed by atoms with van der Waals surface area (Å²) in [6, 6.07) is 6.77. The highest BCUT2D eigenvalue weighted by Crippen LogP contribution is 2.20. The van der Waals surface area contributed by atoms with Crippen molar-refractivity contribution in [1.29, 1.82) is 0 Å². The second-order valence-corrected chi connectivity index (χ2v) is 5.58. The molecule has 0 radical (unpaired) electrons. The maximum atomic E-state index is 12.1. The molecule has 1 saturated heterocycles. The van der Waals surface area contributed by atoms with Crippen molar-refractivity contribution in [2.45, 2.75) is 13.0 Å². The van der Waals surface area contributed by atoms with Gasteiger partial charge in [0, 0.05) is 36.9 Å². The van der Waals surface area contributed by atoms with Gasteiger partial charge in [-0.3, -0.25) is 0 Å². The number of hydrogen-bond donors (Lipinski definition) is 1. The first kappa shape index (κ1) is 19.4. The normalized spacial score (nSPS) is 15.4. The Balaban J connectivity index is 0.00000264. The van der Waals surface area contributed by atoms with E-state index in [0.29, 0.717) is 18.1 Å². The second-order valence-electron chi connectivity index (χ2n) is 5.15. The monoisotopic (exact) mass is 361 g/mol. The minimum absolute atomic E-state index is 0. The molecule has 1 aliphatic heterocycles. The molecule has 0 saturated carbocycles. The summed E-state index contributed by atoms with van der Waals surface area (Å²) in [6.45, 7) is 4.23. The quantitative estimate of drug-likeness (QED) is 0.838. The highest BCUT2D eigenvalue weighted by molar-refractivity contribution is 6.30. The summed E-state index contributed by atoms with van der Waals surface area (Å²) in [4.78, 5) is 27.3. The van der Waals surface area contributed by atoms with E-state index in [1.165, 1.54) is 7.11 Å². The van der Waals surface area contributed by atoms with E-state index in [2.05, 4.69) is 15.0 Å². The summed E-state index contributed by atoms with van der Waals surface area (Å²) in [6.07, 6.45) is 0. The molecule has 1 heterocycles. The number of amides is 2. The molecule has 1 fully saturated rings. The standard InChI is InChI=1S/C15H20ClN3O3.ClH/c1-11(14(20)22-2)17-15(21)19-8-6-18(7-9-19)13-5-3-4-12(16)10-13;/h3-5,10-11H,6-9H2,1-2H3,(H,17,21);1H/t11-;/m0./s1. The van der Waals surface area contributed by atoms with Gasteiger partial charge < -0.3 is 19.9 Å². The van der Waals surface area contributed by atoms with Crippen LogP contribution in [0.3, 0.4) is 0 Å². The van der Waals surface area contributed by atoms with Crippen molar-refractivity contribution in [2.75, 3.05) is 38.2 Å². The van der Waals surface area contributed by atoms with Crippen molar-refractivity contribution < 1.29 is 14.3 Å². The van der Waals surface area contributed by atoms with Crippen LogP contribution in [-0.4, -0.2) is 56.2 Å². The SMILES string of the molecule is COC(=O)[C@H](C)NC(=O)N1CCN(c2cccc(Cl)c2)CC1.Cl. The van der Waals surface area contributed by atoms with E-state index in [9.17, 15) is 9.59 Å². The molecule has 128 valence electrons. The van der Waals surface area contributed by atoms with Gasteiger partial charge in [0.05, 0.1) is 7.11 Å². The van der Waals surface area contributed by atoms with Crippen LogP contribution >= 0.6 is 24.0 Å². The number of esters is 1. The van der Waals surface area contributed by atoms with Gasteiger partial charge in [0.1, 0.15) is 6.04 Å². The average molecular weight is 362 g/mol. The van der Waals surface area contributed by atoms with E-state index in [1.807, 2.05) is 24.3 Å². The van der Waals surface area contributed by atoms with Crippen molar-refractivity contribution in [3.63, 3.8) is 0 Å². The summed E-state index contributed by atoms with van der Waals surface area (Å²) in [7, 11) is 1.30. The lowest BCUT2D eigenvalue weighted by Crippen LogP contribution is -2.54. The van der Waals surface area contributed by atoms with Crippen LogP contribution in [-0.2, 0) is 9.53 Å². The molecule has 1 aromatic rings. The maximum Gasteiger partial charge on any atom is 0.328 e. The van der Waals surface area contributed by atoms with Crippen LogP contribution in [0.25, 0.3) is 0 Å². The molecule has 1 N–H and O–H groups in total. The Bertz CT molecular complexity index is 549. The van der Waals surface area contributed by atoms with Crippen LogP contribution in [0.15, 0.2) is 24.3 Å². The number of ether oxygens (including phenoxy) is 1. The predicted octanol–water partition coefficient (Wildman–Crippen LogP) is 2.15. The third kappa shape index (κ3) is 5.18. The molecule has 1 aliphatic rings. The molecule has 2 amide bonds. The van der Waals surface area contributed by atoms with Gasteiger partial charge in [-0.25, -0.2) is 9.59 Å². The molecule has 1 aromatic carbocycles. The number of halogens is 2. The number of anilines is 1. The first-order valence-electron chi connectivity index (χ1n) is 7.15. The van der Waals surface area contributed by atoms with Crippen LogP contribution in [0.5, 0.6) is 0 Å². The largest absolute Gasteiger partial charge is 0.467 e. The van der Waals surface area contributed by atoms with E-state index in [0.717, 1.165) is 18.8 Å². The lowest BCUT2D eigenvalue weighted by atomic mass is 10.2. The molecule has 0 unspecified atom stereocenters. The lowest BCUT2D eigenvalue weighted by Gasteiger charge is -2.36. The van der Waals surface area contributed by atoms with Crippen molar-refractivity contribution in [3.05, 3.63) is 29.3 Å². The fourth-order valence-corrected chi connectivity index (χ4v) is 2.54. The highest BCUT2D eigenvalue weighted by atomic mass is 35.5. The summed E-state index contributed by atoms with van der Waals surface area (Å²) in [5.74, 6) is -0.453. The van der Waals surface area contributed by atoms with Crippen molar-refractivity contribution in [2.24, 2.45) is 0 Å². The van der Waals surface area contributed by atoms with E-state index in [1.54, 1.807) is 11.8 Å². The number of nitrogens with one attached hydrogen (secondary N) is 1. The van der Waals surface area contributed by atoms with Crippen LogP contribution in [0, 0.1) is 0 Å². The number of nitrogens with zero attached hydrogens (tertiary/aromatic N) is 2. The number of urea groups is 1. The van der Waals surface area contributed by atoms with Gasteiger partial charge >= 0.3 is 12.0 Å². The van der Waals surface area contributed by atoms with Crippen LogP contribution in [0.4, 0.5) is 10.5 Å². The zero-order valence-electron chi connectivity index (χ0n) is 13.1. The van der Waals surface area contributed by atoms with Crippen molar-refractivity contribution >= 4 is 41.7 Å². The molecule has 6 nitrogen and oxygen atoms in total. The first-order valence-corrected chi connectivity index (χ1v) is 7.53. The molecule has 0 bridgehead atoms. The van der Waals surface area contributed by atoms with E-state index >= 15 is 0 Å². The van der Waals surface area contributed by atoms with Gasteiger partial charge in [-0.15, -0.1) is 12.4 Å². The van der Waals surface area contributed by atoms with Gasteiger partial charge in [0.15, 0.2) is 0 Å². The fraction of sp³-hybridized carbons (Fsp3) is 0.467. The summed E-state index contributed by atoms with van der Waals surface area (Å²) >= 11 is 6.00. The molecule has 0 aliphatic carbocycles. The Morgan fingerprint density at radius 2 is 1.91 bits per heavy atom. The molecule has 2 rings (SSSR count). The smallest absolute Gasteiger partial charge is 0.328 e. The number of carbonyl (C=O) groups excluding carboxylic acids is 2. The lowest BCUT2D eigenvalue weighted by molar-refractivity contribution is -0.142. The Labute approximate surface area is 147 Å². The zero-order chi connectivity index (χ0) is 16.1. The topological polar surface area (TPSA) is 61.9 Å². The summed E-state index contributed by atoms with van der Waals surface area (Å²) < 4.78 is 4.59. The zero-order valence-corrected chi connectivity index (χ0v) is 14.7. The number of methoxy groups -OCH3 is 1. The minimum atomic E-state index is -0.650. The number of benzene rings is 1. The highest BCUT2D eigenvalue weighted by Gasteiger charge is 2.24. The van der Waals surface area contributed by atoms with Gasteiger partial charge in [-0.05, 0) is 25.1 Å². The average Bonchev–Trinajstić information content (AvgIpc) is 2.54. The van der Waals surface area contributed by atoms with E-state index in [-0.39, 0.29) is 18.4 Å². The molecule has 0 spiro atoms.